The Labute approximate surface area is 77.9 Å². The summed E-state index contributed by atoms with van der Waals surface area (Å²) < 4.78 is 5.51. The number of hydrogen-bond donors (Lipinski definition) is 1. The summed E-state index contributed by atoms with van der Waals surface area (Å²) in [5.41, 5.74) is 0. The Morgan fingerprint density at radius 3 is 2.92 bits per heavy atom. The van der Waals surface area contributed by atoms with Gasteiger partial charge in [-0.2, -0.15) is 0 Å². The minimum Gasteiger partial charge on any atom is -0.463 e. The molecule has 0 bridgehead atoms. The van der Waals surface area contributed by atoms with Gasteiger partial charge in [-0.25, -0.2) is 0 Å². The van der Waals surface area contributed by atoms with Crippen molar-refractivity contribution in [3.63, 3.8) is 0 Å². The summed E-state index contributed by atoms with van der Waals surface area (Å²) in [6.07, 6.45) is 2.01. The van der Waals surface area contributed by atoms with Crippen LogP contribution in [0.3, 0.4) is 0 Å². The van der Waals surface area contributed by atoms with E-state index in [1.807, 2.05) is 12.1 Å². The van der Waals surface area contributed by atoms with Gasteiger partial charge in [-0.3, -0.25) is 0 Å². The Morgan fingerprint density at radius 1 is 1.69 bits per heavy atom. The summed E-state index contributed by atoms with van der Waals surface area (Å²) in [6.45, 7) is 5.72. The number of rotatable bonds is 3. The molecular formula is C11H14O2. The molecule has 0 spiro atoms. The molecule has 2 rings (SSSR count). The first-order valence-corrected chi connectivity index (χ1v) is 4.62. The first-order chi connectivity index (χ1) is 6.22. The van der Waals surface area contributed by atoms with E-state index < -0.39 is 6.10 Å². The molecule has 1 N–H and O–H groups in total. The van der Waals surface area contributed by atoms with E-state index in [1.54, 1.807) is 0 Å². The van der Waals surface area contributed by atoms with Gasteiger partial charge in [0.25, 0.3) is 0 Å². The summed E-state index contributed by atoms with van der Waals surface area (Å²) >= 11 is 0. The van der Waals surface area contributed by atoms with Crippen molar-refractivity contribution in [2.75, 3.05) is 0 Å². The fraction of sp³-hybridized carbons (Fsp3) is 0.455. The predicted octanol–water partition coefficient (Wildman–Crippen LogP) is 2.62. The molecule has 1 aliphatic rings. The maximum absolute atomic E-state index is 9.40. The smallest absolute Gasteiger partial charge is 0.136 e. The lowest BCUT2D eigenvalue weighted by Crippen LogP contribution is -1.88. The van der Waals surface area contributed by atoms with Crippen LogP contribution in [0.1, 0.15) is 36.9 Å². The van der Waals surface area contributed by atoms with Crippen LogP contribution in [0.5, 0.6) is 0 Å². The molecular weight excluding hydrogens is 164 g/mol. The molecule has 2 heteroatoms. The van der Waals surface area contributed by atoms with E-state index in [1.165, 1.54) is 12.5 Å². The van der Waals surface area contributed by atoms with Crippen LogP contribution >= 0.6 is 0 Å². The summed E-state index contributed by atoms with van der Waals surface area (Å²) in [4.78, 5) is 0. The third-order valence-corrected chi connectivity index (χ3v) is 2.64. The molecule has 0 amide bonds. The lowest BCUT2D eigenvalue weighted by molar-refractivity contribution is 0.194. The van der Waals surface area contributed by atoms with Crippen LogP contribution in [0.4, 0.5) is 0 Å². The van der Waals surface area contributed by atoms with Crippen molar-refractivity contribution >= 4 is 0 Å². The van der Waals surface area contributed by atoms with Gasteiger partial charge in [0.1, 0.15) is 17.6 Å². The fourth-order valence-electron chi connectivity index (χ4n) is 1.56. The number of hydrogen-bond acceptors (Lipinski definition) is 2. The second-order valence-electron chi connectivity index (χ2n) is 3.74. The van der Waals surface area contributed by atoms with Gasteiger partial charge < -0.3 is 9.52 Å². The largest absolute Gasteiger partial charge is 0.463 e. The van der Waals surface area contributed by atoms with Gasteiger partial charge in [-0.1, -0.05) is 13.0 Å². The highest BCUT2D eigenvalue weighted by Gasteiger charge is 2.36. The standard InChI is InChI=1S/C11H14O2/c1-3-9(12)11-5-4-10(13-11)8-6-7(8)2/h3-5,7-9,12H,1,6H2,2H3. The SMILES string of the molecule is C=CC(O)c1ccc(C2CC2C)o1. The molecule has 0 aromatic carbocycles. The Hall–Kier alpha value is -1.02. The normalized spacial score (nSPS) is 28.5. The maximum atomic E-state index is 9.40. The first-order valence-electron chi connectivity index (χ1n) is 4.62. The van der Waals surface area contributed by atoms with Crippen LogP contribution in [0, 0.1) is 5.92 Å². The van der Waals surface area contributed by atoms with Crippen molar-refractivity contribution < 1.29 is 9.52 Å². The number of aliphatic hydroxyl groups is 1. The van der Waals surface area contributed by atoms with E-state index >= 15 is 0 Å². The highest BCUT2D eigenvalue weighted by atomic mass is 16.4. The zero-order valence-corrected chi connectivity index (χ0v) is 7.73. The summed E-state index contributed by atoms with van der Waals surface area (Å²) in [5, 5.41) is 9.40. The quantitative estimate of drug-likeness (QED) is 0.722. The Kier molecular flexibility index (Phi) is 2.00. The van der Waals surface area contributed by atoms with E-state index in [0.29, 0.717) is 11.7 Å². The van der Waals surface area contributed by atoms with Crippen molar-refractivity contribution in [3.8, 4) is 0 Å². The third kappa shape index (κ3) is 1.54. The van der Waals surface area contributed by atoms with Crippen molar-refractivity contribution in [1.29, 1.82) is 0 Å². The monoisotopic (exact) mass is 178 g/mol. The highest BCUT2D eigenvalue weighted by Crippen LogP contribution is 2.47. The first kappa shape index (κ1) is 8.57. The molecule has 13 heavy (non-hydrogen) atoms. The highest BCUT2D eigenvalue weighted by molar-refractivity contribution is 5.19. The zero-order valence-electron chi connectivity index (χ0n) is 7.73. The van der Waals surface area contributed by atoms with Crippen LogP contribution in [0.25, 0.3) is 0 Å². The van der Waals surface area contributed by atoms with E-state index in [0.717, 1.165) is 11.7 Å². The third-order valence-electron chi connectivity index (χ3n) is 2.64. The molecule has 0 radical (unpaired) electrons. The van der Waals surface area contributed by atoms with E-state index in [9.17, 15) is 5.11 Å². The molecule has 1 heterocycles. The van der Waals surface area contributed by atoms with E-state index in [2.05, 4.69) is 13.5 Å². The topological polar surface area (TPSA) is 33.4 Å². The van der Waals surface area contributed by atoms with E-state index in [4.69, 9.17) is 4.42 Å². The van der Waals surface area contributed by atoms with Crippen LogP contribution in [-0.4, -0.2) is 5.11 Å². The van der Waals surface area contributed by atoms with Gasteiger partial charge in [0, 0.05) is 5.92 Å². The fourth-order valence-corrected chi connectivity index (χ4v) is 1.56. The minimum absolute atomic E-state index is 0.575. The average molecular weight is 178 g/mol. The van der Waals surface area contributed by atoms with Gasteiger partial charge in [0.2, 0.25) is 0 Å². The molecule has 1 aromatic heterocycles. The summed E-state index contributed by atoms with van der Waals surface area (Å²) in [5.74, 6) is 2.91. The summed E-state index contributed by atoms with van der Waals surface area (Å²) in [6, 6.07) is 3.78. The Balaban J connectivity index is 2.14. The molecule has 2 nitrogen and oxygen atoms in total. The Bertz CT molecular complexity index is 314. The molecule has 1 saturated carbocycles. The number of furan rings is 1. The van der Waals surface area contributed by atoms with Crippen LogP contribution in [0.15, 0.2) is 29.2 Å². The molecule has 1 fully saturated rings. The predicted molar refractivity (Wildman–Crippen MR) is 50.4 cm³/mol. The molecule has 0 saturated heterocycles. The van der Waals surface area contributed by atoms with Crippen molar-refractivity contribution in [2.24, 2.45) is 5.92 Å². The maximum Gasteiger partial charge on any atom is 0.136 e. The van der Waals surface area contributed by atoms with Crippen molar-refractivity contribution in [1.82, 2.24) is 0 Å². The second-order valence-corrected chi connectivity index (χ2v) is 3.74. The van der Waals surface area contributed by atoms with Crippen LogP contribution in [0.2, 0.25) is 0 Å². The van der Waals surface area contributed by atoms with Gasteiger partial charge in [0.15, 0.2) is 0 Å². The Morgan fingerprint density at radius 2 is 2.38 bits per heavy atom. The lowest BCUT2D eigenvalue weighted by Gasteiger charge is -1.99. The minimum atomic E-state index is -0.664. The molecule has 0 aliphatic heterocycles. The van der Waals surface area contributed by atoms with E-state index in [-0.39, 0.29) is 0 Å². The molecule has 1 aromatic rings. The molecule has 70 valence electrons. The van der Waals surface area contributed by atoms with Crippen molar-refractivity contribution in [2.45, 2.75) is 25.4 Å². The summed E-state index contributed by atoms with van der Waals surface area (Å²) in [7, 11) is 0. The lowest BCUT2D eigenvalue weighted by atomic mass is 10.2. The molecule has 3 atom stereocenters. The molecule has 1 aliphatic carbocycles. The van der Waals surface area contributed by atoms with Crippen LogP contribution < -0.4 is 0 Å². The van der Waals surface area contributed by atoms with Gasteiger partial charge in [0.05, 0.1) is 0 Å². The molecule has 3 unspecified atom stereocenters. The number of aliphatic hydroxyl groups excluding tert-OH is 1. The zero-order chi connectivity index (χ0) is 9.42. The van der Waals surface area contributed by atoms with Crippen molar-refractivity contribution in [3.05, 3.63) is 36.3 Å². The average Bonchev–Trinajstić information content (AvgIpc) is 2.70. The van der Waals surface area contributed by atoms with Crippen LogP contribution in [-0.2, 0) is 0 Å². The van der Waals surface area contributed by atoms with Gasteiger partial charge in [-0.05, 0) is 24.5 Å². The van der Waals surface area contributed by atoms with Gasteiger partial charge >= 0.3 is 0 Å². The second kappa shape index (κ2) is 3.04. The van der Waals surface area contributed by atoms with Gasteiger partial charge in [-0.15, -0.1) is 6.58 Å².